The molecule has 0 fully saturated rings. The molecular weight excluding hydrogens is 236 g/mol. The van der Waals surface area contributed by atoms with E-state index >= 15 is 0 Å². The molecule has 1 heterocycles. The number of carbonyl (C=O) groups excluding carboxylic acids is 1. The van der Waals surface area contributed by atoms with E-state index in [2.05, 4.69) is 5.10 Å². The molecule has 3 aromatic rings. The molecule has 0 saturated heterocycles. The lowest BCUT2D eigenvalue weighted by Gasteiger charge is -2.05. The Labute approximate surface area is 111 Å². The van der Waals surface area contributed by atoms with Crippen molar-refractivity contribution in [1.29, 1.82) is 0 Å². The van der Waals surface area contributed by atoms with E-state index in [1.54, 1.807) is 0 Å². The van der Waals surface area contributed by atoms with Crippen LogP contribution in [0, 0.1) is 0 Å². The van der Waals surface area contributed by atoms with Gasteiger partial charge in [-0.3, -0.25) is 4.79 Å². The second kappa shape index (κ2) is 4.69. The van der Waals surface area contributed by atoms with Crippen molar-refractivity contribution < 1.29 is 4.79 Å². The monoisotopic (exact) mass is 250 g/mol. The van der Waals surface area contributed by atoms with Gasteiger partial charge in [0.25, 0.3) is 0 Å². The molecule has 2 aromatic carbocycles. The maximum absolute atomic E-state index is 11.8. The average Bonchev–Trinajstić information content (AvgIpc) is 2.90. The first-order valence-electron chi connectivity index (χ1n) is 6.36. The number of hydrogen-bond donors (Lipinski definition) is 0. The molecule has 0 unspecified atom stereocenters. The van der Waals surface area contributed by atoms with Crippen LogP contribution in [0.25, 0.3) is 16.6 Å². The minimum absolute atomic E-state index is 0.151. The Morgan fingerprint density at radius 3 is 2.84 bits per heavy atom. The van der Waals surface area contributed by atoms with Gasteiger partial charge >= 0.3 is 0 Å². The van der Waals surface area contributed by atoms with Crippen LogP contribution in [0.2, 0.25) is 0 Å². The highest BCUT2D eigenvalue weighted by atomic mass is 16.1. The van der Waals surface area contributed by atoms with Gasteiger partial charge < -0.3 is 0 Å². The van der Waals surface area contributed by atoms with Gasteiger partial charge in [0.1, 0.15) is 0 Å². The summed E-state index contributed by atoms with van der Waals surface area (Å²) in [5, 5.41) is 5.49. The summed E-state index contributed by atoms with van der Waals surface area (Å²) in [7, 11) is 0. The van der Waals surface area contributed by atoms with Crippen molar-refractivity contribution in [3.05, 3.63) is 60.3 Å². The Kier molecular flexibility index (Phi) is 2.88. The predicted molar refractivity (Wildman–Crippen MR) is 75.7 cm³/mol. The molecule has 0 aliphatic rings. The fourth-order valence-corrected chi connectivity index (χ4v) is 2.19. The third-order valence-corrected chi connectivity index (χ3v) is 3.21. The Morgan fingerprint density at radius 1 is 1.16 bits per heavy atom. The van der Waals surface area contributed by atoms with E-state index < -0.39 is 0 Å². The zero-order valence-corrected chi connectivity index (χ0v) is 10.7. The summed E-state index contributed by atoms with van der Waals surface area (Å²) < 4.78 is 1.86. The number of Topliss-reactive ketones (excluding diaryl/α,β-unsaturated/α-hetero) is 1. The molecular formula is C16H14N2O. The van der Waals surface area contributed by atoms with Crippen molar-refractivity contribution in [2.45, 2.75) is 13.3 Å². The van der Waals surface area contributed by atoms with E-state index in [1.165, 1.54) is 0 Å². The van der Waals surface area contributed by atoms with Crippen molar-refractivity contribution in [2.24, 2.45) is 0 Å². The Morgan fingerprint density at radius 2 is 2.00 bits per heavy atom. The molecule has 0 bridgehead atoms. The molecule has 0 saturated carbocycles. The lowest BCUT2D eigenvalue weighted by molar-refractivity contribution is 0.0988. The molecule has 3 heteroatoms. The molecule has 19 heavy (non-hydrogen) atoms. The van der Waals surface area contributed by atoms with Gasteiger partial charge in [-0.2, -0.15) is 5.10 Å². The van der Waals surface area contributed by atoms with Crippen LogP contribution in [-0.2, 0) is 0 Å². The highest BCUT2D eigenvalue weighted by Gasteiger charge is 2.07. The molecule has 0 aliphatic heterocycles. The van der Waals surface area contributed by atoms with Crippen LogP contribution in [0.15, 0.2) is 54.7 Å². The summed E-state index contributed by atoms with van der Waals surface area (Å²) in [5.74, 6) is 0.151. The largest absolute Gasteiger partial charge is 0.294 e. The predicted octanol–water partition coefficient (Wildman–Crippen LogP) is 3.62. The highest BCUT2D eigenvalue weighted by molar-refractivity contribution is 5.96. The summed E-state index contributed by atoms with van der Waals surface area (Å²) in [5.41, 5.74) is 2.70. The molecule has 0 radical (unpaired) electrons. The summed E-state index contributed by atoms with van der Waals surface area (Å²) in [4.78, 5) is 11.8. The molecule has 3 nitrogen and oxygen atoms in total. The zero-order chi connectivity index (χ0) is 13.2. The lowest BCUT2D eigenvalue weighted by atomic mass is 10.1. The van der Waals surface area contributed by atoms with Crippen LogP contribution in [0.1, 0.15) is 23.7 Å². The van der Waals surface area contributed by atoms with E-state index in [-0.39, 0.29) is 5.78 Å². The molecule has 0 aliphatic carbocycles. The van der Waals surface area contributed by atoms with E-state index in [0.29, 0.717) is 6.42 Å². The first-order chi connectivity index (χ1) is 9.29. The standard InChI is InChI=1S/C16H14N2O/c1-2-16(19)12-7-5-8-14(10-12)18-15-9-4-3-6-13(15)11-17-18/h3-11H,2H2,1H3. The minimum Gasteiger partial charge on any atom is -0.294 e. The summed E-state index contributed by atoms with van der Waals surface area (Å²) in [6.45, 7) is 1.87. The molecule has 0 spiro atoms. The fraction of sp³-hybridized carbons (Fsp3) is 0.125. The van der Waals surface area contributed by atoms with E-state index in [0.717, 1.165) is 22.2 Å². The molecule has 0 N–H and O–H groups in total. The normalized spacial score (nSPS) is 10.8. The van der Waals surface area contributed by atoms with Crippen molar-refractivity contribution in [2.75, 3.05) is 0 Å². The third-order valence-electron chi connectivity index (χ3n) is 3.21. The Balaban J connectivity index is 2.14. The SMILES string of the molecule is CCC(=O)c1cccc(-n2ncc3ccccc32)c1. The number of ketones is 1. The number of benzene rings is 2. The van der Waals surface area contributed by atoms with Crippen molar-refractivity contribution >= 4 is 16.7 Å². The second-order valence-electron chi connectivity index (χ2n) is 4.44. The number of nitrogens with zero attached hydrogens (tertiary/aromatic N) is 2. The lowest BCUT2D eigenvalue weighted by Crippen LogP contribution is -2.00. The Hall–Kier alpha value is -2.42. The topological polar surface area (TPSA) is 34.9 Å². The van der Waals surface area contributed by atoms with Crippen LogP contribution in [0.5, 0.6) is 0 Å². The number of fused-ring (bicyclic) bond motifs is 1. The van der Waals surface area contributed by atoms with E-state index in [1.807, 2.05) is 66.3 Å². The third kappa shape index (κ3) is 2.03. The molecule has 3 rings (SSSR count). The maximum Gasteiger partial charge on any atom is 0.162 e. The van der Waals surface area contributed by atoms with Crippen molar-refractivity contribution in [3.63, 3.8) is 0 Å². The molecule has 1 aromatic heterocycles. The zero-order valence-electron chi connectivity index (χ0n) is 10.7. The average molecular weight is 250 g/mol. The van der Waals surface area contributed by atoms with Gasteiger partial charge in [-0.05, 0) is 18.2 Å². The first kappa shape index (κ1) is 11.7. The van der Waals surface area contributed by atoms with E-state index in [4.69, 9.17) is 0 Å². The Bertz CT molecular complexity index is 743. The summed E-state index contributed by atoms with van der Waals surface area (Å²) >= 11 is 0. The number of para-hydroxylation sites is 1. The second-order valence-corrected chi connectivity index (χ2v) is 4.44. The molecule has 0 atom stereocenters. The highest BCUT2D eigenvalue weighted by Crippen LogP contribution is 2.19. The number of aromatic nitrogens is 2. The van der Waals surface area contributed by atoms with Gasteiger partial charge in [0.2, 0.25) is 0 Å². The molecule has 94 valence electrons. The summed E-state index contributed by atoms with van der Waals surface area (Å²) in [6.07, 6.45) is 2.35. The van der Waals surface area contributed by atoms with Gasteiger partial charge in [-0.25, -0.2) is 4.68 Å². The quantitative estimate of drug-likeness (QED) is 0.665. The van der Waals surface area contributed by atoms with Gasteiger partial charge in [0.15, 0.2) is 5.78 Å². The van der Waals surface area contributed by atoms with Crippen molar-refractivity contribution in [3.8, 4) is 5.69 Å². The van der Waals surface area contributed by atoms with Gasteiger partial charge in [-0.1, -0.05) is 37.3 Å². The fourth-order valence-electron chi connectivity index (χ4n) is 2.19. The number of rotatable bonds is 3. The number of carbonyl (C=O) groups is 1. The number of hydrogen-bond acceptors (Lipinski definition) is 2. The first-order valence-corrected chi connectivity index (χ1v) is 6.36. The van der Waals surface area contributed by atoms with Gasteiger partial charge in [0.05, 0.1) is 17.4 Å². The summed E-state index contributed by atoms with van der Waals surface area (Å²) in [6, 6.07) is 15.6. The van der Waals surface area contributed by atoms with E-state index in [9.17, 15) is 4.79 Å². The smallest absolute Gasteiger partial charge is 0.162 e. The minimum atomic E-state index is 0.151. The van der Waals surface area contributed by atoms with Gasteiger partial charge in [0, 0.05) is 17.4 Å². The van der Waals surface area contributed by atoms with Crippen LogP contribution >= 0.6 is 0 Å². The molecule has 0 amide bonds. The van der Waals surface area contributed by atoms with Crippen LogP contribution < -0.4 is 0 Å². The van der Waals surface area contributed by atoms with Crippen LogP contribution in [0.3, 0.4) is 0 Å². The maximum atomic E-state index is 11.8. The van der Waals surface area contributed by atoms with Crippen molar-refractivity contribution in [1.82, 2.24) is 9.78 Å². The van der Waals surface area contributed by atoms with Crippen LogP contribution in [-0.4, -0.2) is 15.6 Å². The van der Waals surface area contributed by atoms with Gasteiger partial charge in [-0.15, -0.1) is 0 Å². The van der Waals surface area contributed by atoms with Crippen LogP contribution in [0.4, 0.5) is 0 Å².